The van der Waals surface area contributed by atoms with Crippen molar-refractivity contribution in [3.63, 3.8) is 0 Å². The number of rotatable bonds is 12. The van der Waals surface area contributed by atoms with Crippen molar-refractivity contribution in [3.8, 4) is 11.5 Å². The van der Waals surface area contributed by atoms with E-state index in [0.717, 1.165) is 0 Å². The van der Waals surface area contributed by atoms with E-state index in [1.165, 1.54) is 12.1 Å². The number of hydrogen-bond donors (Lipinski definition) is 1. The fourth-order valence-electron chi connectivity index (χ4n) is 2.50. The van der Waals surface area contributed by atoms with E-state index in [4.69, 9.17) is 24.7 Å². The molecular weight excluding hydrogens is 430 g/mol. The van der Waals surface area contributed by atoms with Crippen molar-refractivity contribution in [3.05, 3.63) is 23.8 Å². The van der Waals surface area contributed by atoms with Gasteiger partial charge in [0.05, 0.1) is 5.92 Å². The molecule has 0 amide bonds. The van der Waals surface area contributed by atoms with E-state index in [-0.39, 0.29) is 42.6 Å². The smallest absolute Gasteiger partial charge is 0.323 e. The zero-order valence-corrected chi connectivity index (χ0v) is 20.2. The average Bonchev–Trinajstić information content (AvgIpc) is 2.79. The second-order valence-electron chi connectivity index (χ2n) is 7.84. The maximum atomic E-state index is 12.5. The van der Waals surface area contributed by atoms with Crippen molar-refractivity contribution in [2.75, 3.05) is 0 Å². The molecule has 1 unspecified atom stereocenters. The molecule has 9 nitrogen and oxygen atoms in total. The summed E-state index contributed by atoms with van der Waals surface area (Å²) in [6.07, 6.45) is -0.289. The van der Waals surface area contributed by atoms with Crippen molar-refractivity contribution >= 4 is 23.9 Å². The highest BCUT2D eigenvalue weighted by Gasteiger charge is 2.26. The largest absolute Gasteiger partial charge is 0.459 e. The van der Waals surface area contributed by atoms with E-state index in [0.29, 0.717) is 12.0 Å². The zero-order valence-electron chi connectivity index (χ0n) is 20.2. The highest BCUT2D eigenvalue weighted by Crippen LogP contribution is 2.30. The number of esters is 4. The molecule has 0 aliphatic heterocycles. The Kier molecular flexibility index (Phi) is 11.6. The number of benzene rings is 1. The van der Waals surface area contributed by atoms with E-state index < -0.39 is 36.2 Å². The maximum absolute atomic E-state index is 12.5. The van der Waals surface area contributed by atoms with Crippen LogP contribution in [-0.2, 0) is 35.1 Å². The van der Waals surface area contributed by atoms with Crippen molar-refractivity contribution in [2.24, 2.45) is 11.7 Å². The van der Waals surface area contributed by atoms with Gasteiger partial charge in [0.1, 0.15) is 18.2 Å². The van der Waals surface area contributed by atoms with Gasteiger partial charge in [0.25, 0.3) is 0 Å². The minimum atomic E-state index is -1.01. The molecule has 1 aromatic rings. The summed E-state index contributed by atoms with van der Waals surface area (Å²) >= 11 is 0. The molecule has 184 valence electrons. The third kappa shape index (κ3) is 9.21. The first-order valence-corrected chi connectivity index (χ1v) is 11.2. The van der Waals surface area contributed by atoms with E-state index in [9.17, 15) is 19.2 Å². The van der Waals surface area contributed by atoms with E-state index >= 15 is 0 Å². The lowest BCUT2D eigenvalue weighted by atomic mass is 10.1. The minimum Gasteiger partial charge on any atom is -0.459 e. The molecule has 9 heteroatoms. The summed E-state index contributed by atoms with van der Waals surface area (Å²) in [5.41, 5.74) is 6.59. The monoisotopic (exact) mass is 465 g/mol. The molecule has 0 aliphatic rings. The zero-order chi connectivity index (χ0) is 25.1. The fraction of sp³-hybridized carbons (Fsp3) is 0.583. The van der Waals surface area contributed by atoms with Gasteiger partial charge in [0, 0.05) is 12.8 Å². The van der Waals surface area contributed by atoms with Crippen molar-refractivity contribution in [1.29, 1.82) is 0 Å². The topological polar surface area (TPSA) is 131 Å². The van der Waals surface area contributed by atoms with Crippen LogP contribution in [0.4, 0.5) is 0 Å². The molecule has 4 atom stereocenters. The Hall–Kier alpha value is -2.94. The van der Waals surface area contributed by atoms with Crippen LogP contribution in [0.5, 0.6) is 11.5 Å². The van der Waals surface area contributed by atoms with E-state index in [1.807, 2.05) is 6.92 Å². The molecule has 0 radical (unpaired) electrons. The Bertz CT molecular complexity index is 838. The molecule has 0 fully saturated rings. The van der Waals surface area contributed by atoms with Crippen LogP contribution in [-0.4, -0.2) is 42.1 Å². The first kappa shape index (κ1) is 28.1. The first-order chi connectivity index (χ1) is 15.5. The molecular formula is C24H35NO8. The molecule has 0 aromatic heterocycles. The van der Waals surface area contributed by atoms with Crippen molar-refractivity contribution < 1.29 is 38.1 Å². The average molecular weight is 466 g/mol. The van der Waals surface area contributed by atoms with Gasteiger partial charge in [0.15, 0.2) is 11.5 Å². The highest BCUT2D eigenvalue weighted by molar-refractivity contribution is 5.77. The Morgan fingerprint density at radius 3 is 1.85 bits per heavy atom. The summed E-state index contributed by atoms with van der Waals surface area (Å²) in [7, 11) is 0. The summed E-state index contributed by atoms with van der Waals surface area (Å²) in [5.74, 6) is -2.06. The first-order valence-electron chi connectivity index (χ1n) is 11.2. The molecule has 0 saturated heterocycles. The van der Waals surface area contributed by atoms with Crippen molar-refractivity contribution in [2.45, 2.75) is 85.5 Å². The third-order valence-electron chi connectivity index (χ3n) is 5.07. The van der Waals surface area contributed by atoms with Crippen LogP contribution in [0.15, 0.2) is 18.2 Å². The van der Waals surface area contributed by atoms with Crippen LogP contribution in [0.2, 0.25) is 0 Å². The lowest BCUT2D eigenvalue weighted by Gasteiger charge is -2.23. The lowest BCUT2D eigenvalue weighted by molar-refractivity contribution is -0.168. The molecule has 1 rings (SSSR count). The normalized spacial score (nSPS) is 14.4. The molecule has 0 bridgehead atoms. The SMILES string of the molecule is CCC(=O)Oc1ccc(C[C@H](N)C(=O)O[C@@H](C)[C@H](C)OC(=O)C(C)CC)cc1OC(=O)CC. The van der Waals surface area contributed by atoms with Crippen LogP contribution in [0, 0.1) is 5.92 Å². The Morgan fingerprint density at radius 1 is 0.818 bits per heavy atom. The second-order valence-corrected chi connectivity index (χ2v) is 7.84. The Labute approximate surface area is 194 Å². The van der Waals surface area contributed by atoms with Crippen LogP contribution in [0.25, 0.3) is 0 Å². The highest BCUT2D eigenvalue weighted by atomic mass is 16.6. The van der Waals surface area contributed by atoms with Crippen LogP contribution >= 0.6 is 0 Å². The van der Waals surface area contributed by atoms with E-state index in [1.54, 1.807) is 40.7 Å². The van der Waals surface area contributed by atoms with Crippen LogP contribution in [0.3, 0.4) is 0 Å². The van der Waals surface area contributed by atoms with Gasteiger partial charge in [-0.3, -0.25) is 19.2 Å². The molecule has 0 spiro atoms. The Morgan fingerprint density at radius 2 is 1.33 bits per heavy atom. The summed E-state index contributed by atoms with van der Waals surface area (Å²) in [5, 5.41) is 0. The second kappa shape index (κ2) is 13.6. The number of nitrogens with two attached hydrogens (primary N) is 1. The number of hydrogen-bond acceptors (Lipinski definition) is 9. The van der Waals surface area contributed by atoms with E-state index in [2.05, 4.69) is 0 Å². The number of ether oxygens (including phenoxy) is 4. The minimum absolute atomic E-state index is 0.0701. The molecule has 2 N–H and O–H groups in total. The van der Waals surface area contributed by atoms with Gasteiger partial charge in [-0.15, -0.1) is 0 Å². The van der Waals surface area contributed by atoms with Gasteiger partial charge in [-0.05, 0) is 44.4 Å². The lowest BCUT2D eigenvalue weighted by Crippen LogP contribution is -2.40. The van der Waals surface area contributed by atoms with Gasteiger partial charge in [0.2, 0.25) is 0 Å². The summed E-state index contributed by atoms with van der Waals surface area (Å²) in [6, 6.07) is 3.59. The molecule has 1 aromatic carbocycles. The standard InChI is InChI=1S/C24H35NO8/c1-7-14(4)23(28)30-15(5)16(6)31-24(29)18(25)12-17-10-11-19(32-21(26)8-2)20(13-17)33-22(27)9-3/h10-11,13-16,18H,7-9,12,25H2,1-6H3/t14?,15-,16-,18-/m0/s1. The van der Waals surface area contributed by atoms with Crippen LogP contribution < -0.4 is 15.2 Å². The maximum Gasteiger partial charge on any atom is 0.323 e. The molecule has 0 heterocycles. The summed E-state index contributed by atoms with van der Waals surface area (Å²) in [4.78, 5) is 47.8. The number of carbonyl (C=O) groups is 4. The predicted molar refractivity (Wildman–Crippen MR) is 121 cm³/mol. The predicted octanol–water partition coefficient (Wildman–Crippen LogP) is 3.10. The molecule has 0 saturated carbocycles. The van der Waals surface area contributed by atoms with Gasteiger partial charge in [-0.25, -0.2) is 0 Å². The molecule has 0 aliphatic carbocycles. The number of carbonyl (C=O) groups excluding carboxylic acids is 4. The van der Waals surface area contributed by atoms with Gasteiger partial charge < -0.3 is 24.7 Å². The van der Waals surface area contributed by atoms with Crippen LogP contribution in [0.1, 0.15) is 66.4 Å². The summed E-state index contributed by atoms with van der Waals surface area (Å²) in [6.45, 7) is 10.2. The van der Waals surface area contributed by atoms with Gasteiger partial charge >= 0.3 is 23.9 Å². The quantitative estimate of drug-likeness (QED) is 0.365. The van der Waals surface area contributed by atoms with Gasteiger partial charge in [-0.2, -0.15) is 0 Å². The Balaban J connectivity index is 2.83. The fourth-order valence-corrected chi connectivity index (χ4v) is 2.50. The summed E-state index contributed by atoms with van der Waals surface area (Å²) < 4.78 is 21.2. The third-order valence-corrected chi connectivity index (χ3v) is 5.07. The molecule has 33 heavy (non-hydrogen) atoms. The van der Waals surface area contributed by atoms with Gasteiger partial charge in [-0.1, -0.05) is 33.8 Å². The van der Waals surface area contributed by atoms with Crippen molar-refractivity contribution in [1.82, 2.24) is 0 Å².